The maximum Gasteiger partial charge on any atom is 0.234 e. The molecule has 1 unspecified atom stereocenters. The van der Waals surface area contributed by atoms with Crippen LogP contribution in [0.15, 0.2) is 0 Å². The molecule has 0 aromatic heterocycles. The number of hydrogen-bond acceptors (Lipinski definition) is 4. The Morgan fingerprint density at radius 3 is 2.52 bits per heavy atom. The number of aliphatic hydroxyl groups excluding tert-OH is 1. The summed E-state index contributed by atoms with van der Waals surface area (Å²) in [4.78, 5) is 16.7. The van der Waals surface area contributed by atoms with Crippen LogP contribution in [0, 0.1) is 5.41 Å². The number of aliphatic hydroxyl groups is 1. The third-order valence-electron chi connectivity index (χ3n) is 5.22. The second-order valence-electron chi connectivity index (χ2n) is 7.29. The molecule has 2 heterocycles. The number of amides is 1. The van der Waals surface area contributed by atoms with Crippen LogP contribution in [0.3, 0.4) is 0 Å². The van der Waals surface area contributed by atoms with Gasteiger partial charge < -0.3 is 15.3 Å². The zero-order valence-corrected chi connectivity index (χ0v) is 13.0. The summed E-state index contributed by atoms with van der Waals surface area (Å²) in [7, 11) is 0. The molecule has 0 spiro atoms. The molecule has 1 amide bonds. The van der Waals surface area contributed by atoms with E-state index in [0.29, 0.717) is 18.5 Å². The van der Waals surface area contributed by atoms with Crippen molar-refractivity contribution < 1.29 is 9.90 Å². The molecule has 2 N–H and O–H groups in total. The highest BCUT2D eigenvalue weighted by Gasteiger charge is 2.44. The van der Waals surface area contributed by atoms with Gasteiger partial charge in [-0.15, -0.1) is 0 Å². The minimum absolute atomic E-state index is 0.122. The first-order chi connectivity index (χ1) is 10.2. The van der Waals surface area contributed by atoms with Crippen molar-refractivity contribution in [3.63, 3.8) is 0 Å². The fourth-order valence-corrected chi connectivity index (χ4v) is 3.70. The van der Waals surface area contributed by atoms with Crippen LogP contribution in [0.1, 0.15) is 38.5 Å². The molecule has 3 fully saturated rings. The molecule has 1 aliphatic carbocycles. The largest absolute Gasteiger partial charge is 0.392 e. The molecule has 0 aromatic carbocycles. The second kappa shape index (κ2) is 6.63. The van der Waals surface area contributed by atoms with E-state index in [4.69, 9.17) is 0 Å². The highest BCUT2D eigenvalue weighted by Crippen LogP contribution is 2.46. The standard InChI is InChI=1S/C16H29N3O2/c20-14-4-3-9-19(10-14)11-15(21)17-12-16(5-6-16)13-18-7-1-2-8-18/h14,20H,1-13H2,(H,17,21). The zero-order valence-electron chi connectivity index (χ0n) is 13.0. The average molecular weight is 295 g/mol. The average Bonchev–Trinajstić information content (AvgIpc) is 3.01. The Hall–Kier alpha value is -0.650. The number of rotatable bonds is 6. The highest BCUT2D eigenvalue weighted by atomic mass is 16.3. The molecule has 5 heteroatoms. The Balaban J connectivity index is 1.37. The molecular formula is C16H29N3O2. The molecule has 21 heavy (non-hydrogen) atoms. The number of hydrogen-bond donors (Lipinski definition) is 2. The van der Waals surface area contributed by atoms with Gasteiger partial charge in [0.05, 0.1) is 12.6 Å². The topological polar surface area (TPSA) is 55.8 Å². The first-order valence-corrected chi connectivity index (χ1v) is 8.55. The monoisotopic (exact) mass is 295 g/mol. The van der Waals surface area contributed by atoms with Crippen LogP contribution in [0.5, 0.6) is 0 Å². The molecule has 3 aliphatic rings. The maximum absolute atomic E-state index is 12.1. The van der Waals surface area contributed by atoms with Gasteiger partial charge in [0.2, 0.25) is 5.91 Å². The van der Waals surface area contributed by atoms with Crippen LogP contribution in [0.25, 0.3) is 0 Å². The number of piperidine rings is 1. The predicted octanol–water partition coefficient (Wildman–Crippen LogP) is 0.435. The van der Waals surface area contributed by atoms with Crippen LogP contribution in [-0.4, -0.2) is 72.7 Å². The van der Waals surface area contributed by atoms with Crippen molar-refractivity contribution >= 4 is 5.91 Å². The highest BCUT2D eigenvalue weighted by molar-refractivity contribution is 5.78. The molecule has 2 saturated heterocycles. The molecule has 2 aliphatic heterocycles. The lowest BCUT2D eigenvalue weighted by atomic mass is 10.1. The summed E-state index contributed by atoms with van der Waals surface area (Å²) >= 11 is 0. The molecule has 0 aromatic rings. The lowest BCUT2D eigenvalue weighted by molar-refractivity contribution is -0.123. The Labute approximate surface area is 127 Å². The molecule has 5 nitrogen and oxygen atoms in total. The summed E-state index contributed by atoms with van der Waals surface area (Å²) < 4.78 is 0. The molecule has 0 radical (unpaired) electrons. The molecule has 0 bridgehead atoms. The van der Waals surface area contributed by atoms with Crippen LogP contribution in [-0.2, 0) is 4.79 Å². The van der Waals surface area contributed by atoms with E-state index < -0.39 is 0 Å². The van der Waals surface area contributed by atoms with Gasteiger partial charge in [0.15, 0.2) is 0 Å². The maximum atomic E-state index is 12.1. The normalized spacial score (nSPS) is 29.5. The fourth-order valence-electron chi connectivity index (χ4n) is 3.70. The predicted molar refractivity (Wildman–Crippen MR) is 82.0 cm³/mol. The molecule has 1 atom stereocenters. The molecular weight excluding hydrogens is 266 g/mol. The van der Waals surface area contributed by atoms with E-state index in [1.54, 1.807) is 0 Å². The van der Waals surface area contributed by atoms with E-state index in [1.807, 2.05) is 0 Å². The van der Waals surface area contributed by atoms with Gasteiger partial charge in [-0.25, -0.2) is 0 Å². The van der Waals surface area contributed by atoms with E-state index >= 15 is 0 Å². The molecule has 120 valence electrons. The van der Waals surface area contributed by atoms with Gasteiger partial charge in [0.1, 0.15) is 0 Å². The third-order valence-corrected chi connectivity index (χ3v) is 5.22. The van der Waals surface area contributed by atoms with Crippen molar-refractivity contribution in [3.8, 4) is 0 Å². The van der Waals surface area contributed by atoms with E-state index in [0.717, 1.165) is 32.5 Å². The summed E-state index contributed by atoms with van der Waals surface area (Å²) in [6.07, 6.45) is 6.79. The van der Waals surface area contributed by atoms with E-state index in [9.17, 15) is 9.90 Å². The van der Waals surface area contributed by atoms with Gasteiger partial charge >= 0.3 is 0 Å². The second-order valence-corrected chi connectivity index (χ2v) is 7.29. The quantitative estimate of drug-likeness (QED) is 0.746. The molecule has 1 saturated carbocycles. The minimum Gasteiger partial charge on any atom is -0.392 e. The van der Waals surface area contributed by atoms with Crippen LogP contribution in [0.4, 0.5) is 0 Å². The lowest BCUT2D eigenvalue weighted by Crippen LogP contribution is -2.45. The number of nitrogens with zero attached hydrogens (tertiary/aromatic N) is 2. The number of nitrogens with one attached hydrogen (secondary N) is 1. The summed E-state index contributed by atoms with van der Waals surface area (Å²) in [6, 6.07) is 0. The van der Waals surface area contributed by atoms with Gasteiger partial charge in [0, 0.05) is 25.0 Å². The molecule has 3 rings (SSSR count). The van der Waals surface area contributed by atoms with Crippen molar-refractivity contribution in [2.24, 2.45) is 5.41 Å². The lowest BCUT2D eigenvalue weighted by Gasteiger charge is -2.29. The van der Waals surface area contributed by atoms with Crippen molar-refractivity contribution in [2.75, 3.05) is 45.8 Å². The number of carbonyl (C=O) groups excluding carboxylic acids is 1. The minimum atomic E-state index is -0.253. The Bertz CT molecular complexity index is 365. The fraction of sp³-hybridized carbons (Fsp3) is 0.938. The number of likely N-dealkylation sites (tertiary alicyclic amines) is 2. The van der Waals surface area contributed by atoms with Crippen LogP contribution < -0.4 is 5.32 Å². The zero-order chi connectivity index (χ0) is 14.7. The summed E-state index contributed by atoms with van der Waals surface area (Å²) in [5, 5.41) is 12.8. The van der Waals surface area contributed by atoms with Gasteiger partial charge in [-0.3, -0.25) is 9.69 Å². The van der Waals surface area contributed by atoms with E-state index in [1.165, 1.54) is 38.8 Å². The van der Waals surface area contributed by atoms with Gasteiger partial charge in [-0.05, 0) is 58.2 Å². The van der Waals surface area contributed by atoms with E-state index in [-0.39, 0.29) is 12.0 Å². The third kappa shape index (κ3) is 4.41. The first kappa shape index (κ1) is 15.3. The smallest absolute Gasteiger partial charge is 0.234 e. The first-order valence-electron chi connectivity index (χ1n) is 8.55. The summed E-state index contributed by atoms with van der Waals surface area (Å²) in [5.74, 6) is 0.122. The van der Waals surface area contributed by atoms with Gasteiger partial charge in [-0.1, -0.05) is 0 Å². The van der Waals surface area contributed by atoms with Gasteiger partial charge in [-0.2, -0.15) is 0 Å². The van der Waals surface area contributed by atoms with Crippen molar-refractivity contribution in [1.82, 2.24) is 15.1 Å². The number of β-amino-alcohol motifs (C(OH)–C–C–N with tert-alkyl or cyclic N) is 1. The van der Waals surface area contributed by atoms with Gasteiger partial charge in [0.25, 0.3) is 0 Å². The van der Waals surface area contributed by atoms with Crippen molar-refractivity contribution in [3.05, 3.63) is 0 Å². The summed E-state index contributed by atoms with van der Waals surface area (Å²) in [6.45, 7) is 6.49. The van der Waals surface area contributed by atoms with Crippen LogP contribution >= 0.6 is 0 Å². The number of carbonyl (C=O) groups is 1. The van der Waals surface area contributed by atoms with Crippen molar-refractivity contribution in [1.29, 1.82) is 0 Å². The SMILES string of the molecule is O=C(CN1CCCC(O)C1)NCC1(CN2CCCC2)CC1. The Kier molecular flexibility index (Phi) is 4.82. The van der Waals surface area contributed by atoms with E-state index in [2.05, 4.69) is 15.1 Å². The van der Waals surface area contributed by atoms with Crippen LogP contribution in [0.2, 0.25) is 0 Å². The Morgan fingerprint density at radius 1 is 1.14 bits per heavy atom. The Morgan fingerprint density at radius 2 is 1.86 bits per heavy atom. The van der Waals surface area contributed by atoms with Crippen molar-refractivity contribution in [2.45, 2.75) is 44.6 Å². The summed E-state index contributed by atoms with van der Waals surface area (Å²) in [5.41, 5.74) is 0.363.